The summed E-state index contributed by atoms with van der Waals surface area (Å²) in [4.78, 5) is 11.8. The summed E-state index contributed by atoms with van der Waals surface area (Å²) in [6.07, 6.45) is 3.22. The Kier molecular flexibility index (Phi) is 3.40. The maximum absolute atomic E-state index is 11.8. The van der Waals surface area contributed by atoms with Crippen LogP contribution in [-0.4, -0.2) is 29.3 Å². The molecular weight excluding hydrogens is 208 g/mol. The fourth-order valence-corrected chi connectivity index (χ4v) is 1.75. The summed E-state index contributed by atoms with van der Waals surface area (Å²) in [7, 11) is 0. The fraction of sp³-hybridized carbons (Fsp3) is 0.600. The average molecular weight is 224 g/mol. The molecule has 88 valence electrons. The van der Waals surface area contributed by atoms with Gasteiger partial charge in [0.1, 0.15) is 5.82 Å². The number of nitrogens with one attached hydrogen (secondary N) is 2. The number of ether oxygens (including phenoxy) is 1. The minimum absolute atomic E-state index is 0.0712. The van der Waals surface area contributed by atoms with Crippen LogP contribution in [0.25, 0.3) is 0 Å². The lowest BCUT2D eigenvalue weighted by Crippen LogP contribution is -2.33. The van der Waals surface area contributed by atoms with Crippen molar-refractivity contribution in [1.82, 2.24) is 15.5 Å². The molecule has 1 fully saturated rings. The third-order valence-corrected chi connectivity index (χ3v) is 2.80. The van der Waals surface area contributed by atoms with Crippen LogP contribution >= 0.6 is 0 Å². The molecule has 2 rings (SSSR count). The van der Waals surface area contributed by atoms with Gasteiger partial charge >= 0.3 is 0 Å². The molecule has 6 heteroatoms. The minimum atomic E-state index is 0.0712. The van der Waals surface area contributed by atoms with Gasteiger partial charge in [0.25, 0.3) is 0 Å². The molecule has 0 bridgehead atoms. The molecule has 4 N–H and O–H groups in total. The highest BCUT2D eigenvalue weighted by atomic mass is 16.5. The third kappa shape index (κ3) is 2.52. The molecule has 1 aliphatic heterocycles. The molecule has 6 nitrogen and oxygen atoms in total. The summed E-state index contributed by atoms with van der Waals surface area (Å²) in [6, 6.07) is 0. The first-order valence-corrected chi connectivity index (χ1v) is 5.40. The molecule has 1 aromatic rings. The molecule has 1 aromatic heterocycles. The second-order valence-corrected chi connectivity index (χ2v) is 3.91. The summed E-state index contributed by atoms with van der Waals surface area (Å²) in [5, 5.41) is 9.28. The van der Waals surface area contributed by atoms with E-state index in [0.717, 1.165) is 18.4 Å². The average Bonchev–Trinajstić information content (AvgIpc) is 2.73. The van der Waals surface area contributed by atoms with Gasteiger partial charge in [-0.05, 0) is 12.8 Å². The van der Waals surface area contributed by atoms with Crippen LogP contribution < -0.4 is 11.1 Å². The summed E-state index contributed by atoms with van der Waals surface area (Å²) < 4.78 is 5.20. The van der Waals surface area contributed by atoms with Crippen molar-refractivity contribution in [2.75, 3.05) is 18.9 Å². The number of amides is 1. The molecule has 1 saturated heterocycles. The second kappa shape index (κ2) is 4.98. The number of carbonyl (C=O) groups is 1. The molecule has 0 unspecified atom stereocenters. The molecular formula is C10H16N4O2. The maximum Gasteiger partial charge on any atom is 0.223 e. The molecule has 1 amide bonds. The first-order valence-electron chi connectivity index (χ1n) is 5.40. The molecule has 16 heavy (non-hydrogen) atoms. The Hall–Kier alpha value is -1.56. The van der Waals surface area contributed by atoms with Crippen LogP contribution in [0, 0.1) is 5.92 Å². The normalized spacial score (nSPS) is 17.2. The number of nitrogens with zero attached hydrogens (tertiary/aromatic N) is 1. The molecule has 0 atom stereocenters. The molecule has 1 aliphatic rings. The maximum atomic E-state index is 11.8. The summed E-state index contributed by atoms with van der Waals surface area (Å²) in [6.45, 7) is 1.77. The Morgan fingerprint density at radius 3 is 3.00 bits per heavy atom. The summed E-state index contributed by atoms with van der Waals surface area (Å²) in [5.41, 5.74) is 6.44. The first-order chi connectivity index (χ1) is 7.77. The number of nitrogen functional groups attached to an aromatic ring is 1. The monoisotopic (exact) mass is 224 g/mol. The number of aromatic amines is 1. The van der Waals surface area contributed by atoms with E-state index in [0.29, 0.717) is 25.6 Å². The van der Waals surface area contributed by atoms with E-state index in [4.69, 9.17) is 10.5 Å². The Bertz CT molecular complexity index is 357. The smallest absolute Gasteiger partial charge is 0.223 e. The highest BCUT2D eigenvalue weighted by Gasteiger charge is 2.21. The number of hydrogen-bond donors (Lipinski definition) is 3. The molecule has 2 heterocycles. The van der Waals surface area contributed by atoms with Crippen LogP contribution in [0.4, 0.5) is 5.82 Å². The molecule has 0 aromatic carbocycles. The van der Waals surface area contributed by atoms with Crippen LogP contribution in [0.5, 0.6) is 0 Å². The van der Waals surface area contributed by atoms with E-state index in [-0.39, 0.29) is 11.8 Å². The third-order valence-electron chi connectivity index (χ3n) is 2.80. The van der Waals surface area contributed by atoms with Gasteiger partial charge in [0.15, 0.2) is 0 Å². The van der Waals surface area contributed by atoms with E-state index in [1.54, 1.807) is 6.20 Å². The lowest BCUT2D eigenvalue weighted by atomic mass is 9.99. The van der Waals surface area contributed by atoms with Crippen molar-refractivity contribution in [2.45, 2.75) is 19.4 Å². The van der Waals surface area contributed by atoms with Crippen molar-refractivity contribution in [3.05, 3.63) is 11.8 Å². The molecule has 0 saturated carbocycles. The minimum Gasteiger partial charge on any atom is -0.384 e. The van der Waals surface area contributed by atoms with Crippen molar-refractivity contribution in [3.8, 4) is 0 Å². The van der Waals surface area contributed by atoms with Gasteiger partial charge < -0.3 is 15.8 Å². The van der Waals surface area contributed by atoms with Crippen molar-refractivity contribution in [2.24, 2.45) is 5.92 Å². The molecule has 0 radical (unpaired) electrons. The number of nitrogens with two attached hydrogens (primary N) is 1. The SMILES string of the molecule is Nc1[nH]ncc1CNC(=O)C1CCOCC1. The van der Waals surface area contributed by atoms with E-state index in [9.17, 15) is 4.79 Å². The zero-order valence-electron chi connectivity index (χ0n) is 9.03. The van der Waals surface area contributed by atoms with Crippen molar-refractivity contribution in [3.63, 3.8) is 0 Å². The Morgan fingerprint density at radius 2 is 2.38 bits per heavy atom. The Balaban J connectivity index is 1.81. The van der Waals surface area contributed by atoms with Gasteiger partial charge in [0, 0.05) is 31.2 Å². The van der Waals surface area contributed by atoms with Crippen LogP contribution in [-0.2, 0) is 16.1 Å². The second-order valence-electron chi connectivity index (χ2n) is 3.91. The largest absolute Gasteiger partial charge is 0.384 e. The van der Waals surface area contributed by atoms with Crippen molar-refractivity contribution < 1.29 is 9.53 Å². The van der Waals surface area contributed by atoms with Crippen molar-refractivity contribution in [1.29, 1.82) is 0 Å². The van der Waals surface area contributed by atoms with Gasteiger partial charge in [-0.1, -0.05) is 0 Å². The lowest BCUT2D eigenvalue weighted by molar-refractivity contribution is -0.128. The summed E-state index contributed by atoms with van der Waals surface area (Å²) >= 11 is 0. The van der Waals surface area contributed by atoms with Crippen molar-refractivity contribution >= 4 is 11.7 Å². The lowest BCUT2D eigenvalue weighted by Gasteiger charge is -2.21. The highest BCUT2D eigenvalue weighted by Crippen LogP contribution is 2.15. The molecule has 0 aliphatic carbocycles. The Morgan fingerprint density at radius 1 is 1.62 bits per heavy atom. The standard InChI is InChI=1S/C10H16N4O2/c11-9-8(6-13-14-9)5-12-10(15)7-1-3-16-4-2-7/h6-7H,1-5H2,(H,12,15)(H3,11,13,14). The van der Waals surface area contributed by atoms with Crippen LogP contribution in [0.3, 0.4) is 0 Å². The van der Waals surface area contributed by atoms with E-state index < -0.39 is 0 Å². The number of rotatable bonds is 3. The molecule has 0 spiro atoms. The van der Waals surface area contributed by atoms with Gasteiger partial charge in [-0.15, -0.1) is 0 Å². The number of aromatic nitrogens is 2. The van der Waals surface area contributed by atoms with Crippen LogP contribution in [0.2, 0.25) is 0 Å². The number of carbonyl (C=O) groups excluding carboxylic acids is 1. The van der Waals surface area contributed by atoms with E-state index in [2.05, 4.69) is 15.5 Å². The quantitative estimate of drug-likeness (QED) is 0.675. The number of hydrogen-bond acceptors (Lipinski definition) is 4. The van der Waals surface area contributed by atoms with Gasteiger partial charge in [-0.25, -0.2) is 0 Å². The van der Waals surface area contributed by atoms with Gasteiger partial charge in [0.2, 0.25) is 5.91 Å². The first kappa shape index (κ1) is 10.9. The van der Waals surface area contributed by atoms with Crippen LogP contribution in [0.15, 0.2) is 6.20 Å². The van der Waals surface area contributed by atoms with Gasteiger partial charge in [-0.2, -0.15) is 5.10 Å². The van der Waals surface area contributed by atoms with E-state index in [1.807, 2.05) is 0 Å². The van der Waals surface area contributed by atoms with E-state index >= 15 is 0 Å². The predicted molar refractivity (Wildman–Crippen MR) is 58.4 cm³/mol. The fourth-order valence-electron chi connectivity index (χ4n) is 1.75. The predicted octanol–water partition coefficient (Wildman–Crippen LogP) is 0.0347. The number of anilines is 1. The Labute approximate surface area is 93.5 Å². The van der Waals surface area contributed by atoms with Gasteiger partial charge in [-0.3, -0.25) is 9.89 Å². The van der Waals surface area contributed by atoms with Gasteiger partial charge in [0.05, 0.1) is 6.20 Å². The summed E-state index contributed by atoms with van der Waals surface area (Å²) in [5.74, 6) is 0.651. The zero-order chi connectivity index (χ0) is 11.4. The van der Waals surface area contributed by atoms with E-state index in [1.165, 1.54) is 0 Å². The topological polar surface area (TPSA) is 93.0 Å². The van der Waals surface area contributed by atoms with Crippen LogP contribution in [0.1, 0.15) is 18.4 Å². The highest BCUT2D eigenvalue weighted by molar-refractivity contribution is 5.78. The number of H-pyrrole nitrogens is 1. The zero-order valence-corrected chi connectivity index (χ0v) is 9.03.